The molecule has 1 N–H and O–H groups in total. The minimum Gasteiger partial charge on any atom is -0.381 e. The van der Waals surface area contributed by atoms with Gasteiger partial charge in [-0.25, -0.2) is 4.39 Å². The molecule has 154 valence electrons. The molecule has 4 rings (SSSR count). The first kappa shape index (κ1) is 19.7. The van der Waals surface area contributed by atoms with Crippen LogP contribution in [-0.4, -0.2) is 59.5 Å². The van der Waals surface area contributed by atoms with Gasteiger partial charge >= 0.3 is 0 Å². The molecule has 0 spiro atoms. The normalized spacial score (nSPS) is 20.7. The molecule has 2 aliphatic heterocycles. The molecule has 1 atom stereocenters. The molecule has 3 heterocycles. The number of ether oxygens (including phenoxy) is 1. The number of amides is 1. The number of nitrogens with zero attached hydrogens (tertiary/aromatic N) is 3. The van der Waals surface area contributed by atoms with Crippen LogP contribution in [-0.2, 0) is 4.74 Å². The SMILES string of the molecule is O=C(NC1CCN(CC2CCOC2)CC1)c1ccc(=O)n(-c2ccc(F)cc2)n1. The van der Waals surface area contributed by atoms with Gasteiger partial charge in [0.15, 0.2) is 0 Å². The largest absolute Gasteiger partial charge is 0.381 e. The number of nitrogens with one attached hydrogen (secondary N) is 1. The summed E-state index contributed by atoms with van der Waals surface area (Å²) < 4.78 is 19.7. The third-order valence-corrected chi connectivity index (χ3v) is 5.57. The van der Waals surface area contributed by atoms with Crippen molar-refractivity contribution in [3.8, 4) is 5.69 Å². The van der Waals surface area contributed by atoms with Crippen LogP contribution in [0.2, 0.25) is 0 Å². The first-order valence-electron chi connectivity index (χ1n) is 10.1. The van der Waals surface area contributed by atoms with E-state index in [0.717, 1.165) is 56.8 Å². The lowest BCUT2D eigenvalue weighted by atomic mass is 10.0. The highest BCUT2D eigenvalue weighted by atomic mass is 19.1. The number of piperidine rings is 1. The number of carbonyl (C=O) groups is 1. The van der Waals surface area contributed by atoms with Gasteiger partial charge in [-0.1, -0.05) is 0 Å². The Morgan fingerprint density at radius 3 is 2.59 bits per heavy atom. The number of halogens is 1. The fourth-order valence-corrected chi connectivity index (χ4v) is 3.91. The Morgan fingerprint density at radius 2 is 1.90 bits per heavy atom. The lowest BCUT2D eigenvalue weighted by Crippen LogP contribution is -2.46. The molecule has 2 aliphatic rings. The maximum atomic E-state index is 13.1. The minimum atomic E-state index is -0.400. The number of aromatic nitrogens is 2. The maximum Gasteiger partial charge on any atom is 0.271 e. The van der Waals surface area contributed by atoms with Crippen LogP contribution in [0, 0.1) is 11.7 Å². The van der Waals surface area contributed by atoms with Gasteiger partial charge in [0.1, 0.15) is 11.5 Å². The van der Waals surface area contributed by atoms with Gasteiger partial charge in [0.25, 0.3) is 11.5 Å². The molecule has 0 bridgehead atoms. The molecule has 1 aromatic carbocycles. The van der Waals surface area contributed by atoms with Gasteiger partial charge in [0.05, 0.1) is 12.3 Å². The van der Waals surface area contributed by atoms with E-state index in [0.29, 0.717) is 11.6 Å². The Labute approximate surface area is 168 Å². The van der Waals surface area contributed by atoms with Crippen LogP contribution >= 0.6 is 0 Å². The molecule has 2 aromatic rings. The zero-order chi connectivity index (χ0) is 20.2. The first-order chi connectivity index (χ1) is 14.1. The van der Waals surface area contributed by atoms with Crippen LogP contribution in [0.25, 0.3) is 5.69 Å². The molecule has 0 aliphatic carbocycles. The second kappa shape index (κ2) is 8.84. The molecule has 2 fully saturated rings. The Hall–Kier alpha value is -2.58. The van der Waals surface area contributed by atoms with Crippen molar-refractivity contribution < 1.29 is 13.9 Å². The van der Waals surface area contributed by atoms with Crippen molar-refractivity contribution in [3.63, 3.8) is 0 Å². The number of rotatable bonds is 5. The predicted molar refractivity (Wildman–Crippen MR) is 106 cm³/mol. The molecule has 1 amide bonds. The molecule has 1 unspecified atom stereocenters. The van der Waals surface area contributed by atoms with E-state index in [1.54, 1.807) is 0 Å². The van der Waals surface area contributed by atoms with E-state index >= 15 is 0 Å². The van der Waals surface area contributed by atoms with Gasteiger partial charge in [-0.15, -0.1) is 0 Å². The summed E-state index contributed by atoms with van der Waals surface area (Å²) in [4.78, 5) is 27.2. The summed E-state index contributed by atoms with van der Waals surface area (Å²) in [7, 11) is 0. The number of benzene rings is 1. The minimum absolute atomic E-state index is 0.0894. The van der Waals surface area contributed by atoms with E-state index in [4.69, 9.17) is 4.74 Å². The van der Waals surface area contributed by atoms with E-state index in [1.165, 1.54) is 36.4 Å². The fraction of sp³-hybridized carbons (Fsp3) is 0.476. The lowest BCUT2D eigenvalue weighted by Gasteiger charge is -2.33. The van der Waals surface area contributed by atoms with Gasteiger partial charge in [0.2, 0.25) is 0 Å². The van der Waals surface area contributed by atoms with Crippen molar-refractivity contribution >= 4 is 5.91 Å². The van der Waals surface area contributed by atoms with E-state index in [-0.39, 0.29) is 23.2 Å². The molecule has 7 nitrogen and oxygen atoms in total. The highest BCUT2D eigenvalue weighted by molar-refractivity contribution is 5.92. The van der Waals surface area contributed by atoms with E-state index in [9.17, 15) is 14.0 Å². The average Bonchev–Trinajstić information content (AvgIpc) is 3.23. The summed E-state index contributed by atoms with van der Waals surface area (Å²) in [5, 5.41) is 7.19. The summed E-state index contributed by atoms with van der Waals surface area (Å²) in [5.41, 5.74) is 0.201. The molecule has 0 saturated carbocycles. The highest BCUT2D eigenvalue weighted by Gasteiger charge is 2.25. The van der Waals surface area contributed by atoms with Crippen molar-refractivity contribution in [1.29, 1.82) is 0 Å². The maximum absolute atomic E-state index is 13.1. The molecule has 1 aromatic heterocycles. The zero-order valence-electron chi connectivity index (χ0n) is 16.2. The van der Waals surface area contributed by atoms with Gasteiger partial charge in [-0.3, -0.25) is 9.59 Å². The number of likely N-dealkylation sites (tertiary alicyclic amines) is 1. The molecule has 0 radical (unpaired) electrons. The number of hydrogen-bond donors (Lipinski definition) is 1. The van der Waals surface area contributed by atoms with Gasteiger partial charge < -0.3 is 15.0 Å². The van der Waals surface area contributed by atoms with Crippen LogP contribution < -0.4 is 10.9 Å². The van der Waals surface area contributed by atoms with Crippen LogP contribution in [0.15, 0.2) is 41.2 Å². The number of carbonyl (C=O) groups excluding carboxylic acids is 1. The molecular weight excluding hydrogens is 375 g/mol. The summed E-state index contributed by atoms with van der Waals surface area (Å²) >= 11 is 0. The van der Waals surface area contributed by atoms with Crippen molar-refractivity contribution in [2.24, 2.45) is 5.92 Å². The van der Waals surface area contributed by atoms with Crippen molar-refractivity contribution in [2.75, 3.05) is 32.8 Å². The van der Waals surface area contributed by atoms with Gasteiger partial charge in [-0.2, -0.15) is 9.78 Å². The Bertz CT molecular complexity index is 901. The smallest absolute Gasteiger partial charge is 0.271 e. The van der Waals surface area contributed by atoms with Crippen LogP contribution in [0.5, 0.6) is 0 Å². The molecular formula is C21H25FN4O3. The van der Waals surface area contributed by atoms with E-state index in [1.807, 2.05) is 0 Å². The third-order valence-electron chi connectivity index (χ3n) is 5.57. The second-order valence-corrected chi connectivity index (χ2v) is 7.72. The van der Waals surface area contributed by atoms with Crippen LogP contribution in [0.1, 0.15) is 29.8 Å². The zero-order valence-corrected chi connectivity index (χ0v) is 16.2. The van der Waals surface area contributed by atoms with Crippen molar-refractivity contribution in [1.82, 2.24) is 20.0 Å². The van der Waals surface area contributed by atoms with Crippen LogP contribution in [0.4, 0.5) is 4.39 Å². The fourth-order valence-electron chi connectivity index (χ4n) is 3.91. The Balaban J connectivity index is 1.36. The molecule has 8 heteroatoms. The third kappa shape index (κ3) is 4.89. The standard InChI is InChI=1S/C21H25FN4O3/c22-16-1-3-18(4-2-16)26-20(27)6-5-19(24-26)21(28)23-17-7-10-25(11-8-17)13-15-9-12-29-14-15/h1-6,15,17H,7-14H2,(H,23,28). The first-order valence-corrected chi connectivity index (χ1v) is 10.1. The monoisotopic (exact) mass is 400 g/mol. The quantitative estimate of drug-likeness (QED) is 0.825. The Kier molecular flexibility index (Phi) is 6.01. The van der Waals surface area contributed by atoms with Crippen LogP contribution in [0.3, 0.4) is 0 Å². The van der Waals surface area contributed by atoms with E-state index in [2.05, 4.69) is 15.3 Å². The lowest BCUT2D eigenvalue weighted by molar-refractivity contribution is 0.0896. The van der Waals surface area contributed by atoms with E-state index < -0.39 is 5.82 Å². The predicted octanol–water partition coefficient (Wildman–Crippen LogP) is 1.60. The van der Waals surface area contributed by atoms with Crippen molar-refractivity contribution in [2.45, 2.75) is 25.3 Å². The summed E-state index contributed by atoms with van der Waals surface area (Å²) in [6.07, 6.45) is 2.90. The molecule has 29 heavy (non-hydrogen) atoms. The summed E-state index contributed by atoms with van der Waals surface area (Å²) in [6.45, 7) is 4.68. The Morgan fingerprint density at radius 1 is 1.14 bits per heavy atom. The highest BCUT2D eigenvalue weighted by Crippen LogP contribution is 2.18. The van der Waals surface area contributed by atoms with Crippen molar-refractivity contribution in [3.05, 3.63) is 58.3 Å². The average molecular weight is 400 g/mol. The topological polar surface area (TPSA) is 76.5 Å². The summed E-state index contributed by atoms with van der Waals surface area (Å²) in [6, 6.07) is 8.23. The summed E-state index contributed by atoms with van der Waals surface area (Å²) in [5.74, 6) is -0.0798. The second-order valence-electron chi connectivity index (χ2n) is 7.72. The van der Waals surface area contributed by atoms with Gasteiger partial charge in [0, 0.05) is 38.3 Å². The number of hydrogen-bond acceptors (Lipinski definition) is 5. The van der Waals surface area contributed by atoms with Gasteiger partial charge in [-0.05, 0) is 55.5 Å². The molecule has 2 saturated heterocycles.